The van der Waals surface area contributed by atoms with Gasteiger partial charge in [-0.05, 0) is 35.3 Å². The first-order valence-corrected chi connectivity index (χ1v) is 11.2. The van der Waals surface area contributed by atoms with Gasteiger partial charge in [0.25, 0.3) is 15.5 Å². The summed E-state index contributed by atoms with van der Waals surface area (Å²) in [6.45, 7) is 7.72. The number of ether oxygens (including phenoxy) is 1. The zero-order valence-electron chi connectivity index (χ0n) is 12.3. The smallest absolute Gasteiger partial charge is 0.276 e. The Kier molecular flexibility index (Phi) is 7.41. The Labute approximate surface area is 138 Å². The van der Waals surface area contributed by atoms with Gasteiger partial charge in [-0.25, -0.2) is 0 Å². The lowest BCUT2D eigenvalue weighted by Crippen LogP contribution is -2.42. The lowest BCUT2D eigenvalue weighted by molar-refractivity contribution is -0.0837. The van der Waals surface area contributed by atoms with E-state index in [0.29, 0.717) is 39.6 Å². The molecule has 0 spiro atoms. The molecule has 0 amide bonds. The molecule has 0 aromatic heterocycles. The molecule has 0 aromatic rings. The molecule has 21 heavy (non-hydrogen) atoms. The van der Waals surface area contributed by atoms with Crippen molar-refractivity contribution in [2.45, 2.75) is 26.7 Å². The normalized spacial score (nSPS) is 41.1. The zero-order chi connectivity index (χ0) is 15.3. The Morgan fingerprint density at radius 3 is 1.43 bits per heavy atom. The highest BCUT2D eigenvalue weighted by Gasteiger charge is 2.39. The number of rotatable bonds is 6. The van der Waals surface area contributed by atoms with Gasteiger partial charge in [0, 0.05) is 10.8 Å². The van der Waals surface area contributed by atoms with Gasteiger partial charge in [0.15, 0.2) is 0 Å². The van der Waals surface area contributed by atoms with Crippen molar-refractivity contribution in [1.82, 2.24) is 0 Å². The average molecular weight is 379 g/mol. The molecule has 0 aromatic carbocycles. The molecule has 0 saturated carbocycles. The molecule has 0 N–H and O–H groups in total. The van der Waals surface area contributed by atoms with Crippen LogP contribution in [-0.4, -0.2) is 39.6 Å². The van der Waals surface area contributed by atoms with Crippen LogP contribution in [0.4, 0.5) is 0 Å². The van der Waals surface area contributed by atoms with Gasteiger partial charge in [-0.3, -0.25) is 0 Å². The van der Waals surface area contributed by atoms with E-state index in [9.17, 15) is 0 Å². The van der Waals surface area contributed by atoms with Crippen molar-refractivity contribution in [2.75, 3.05) is 39.6 Å². The molecule has 2 saturated heterocycles. The summed E-state index contributed by atoms with van der Waals surface area (Å²) in [5.74, 6) is 0. The first-order valence-electron chi connectivity index (χ1n) is 7.04. The minimum absolute atomic E-state index is 0.113. The summed E-state index contributed by atoms with van der Waals surface area (Å²) in [7, 11) is -2.47. The van der Waals surface area contributed by atoms with Crippen LogP contribution in [0.1, 0.15) is 26.7 Å². The Morgan fingerprint density at radius 1 is 0.810 bits per heavy atom. The number of halogens is 2. The monoisotopic (exact) mass is 378 g/mol. The van der Waals surface area contributed by atoms with Crippen molar-refractivity contribution in [3.63, 3.8) is 0 Å². The van der Waals surface area contributed by atoms with E-state index in [2.05, 4.69) is 13.8 Å². The molecule has 0 atom stereocenters. The Bertz CT molecular complexity index is 291. The summed E-state index contributed by atoms with van der Waals surface area (Å²) in [6, 6.07) is 0. The van der Waals surface area contributed by atoms with E-state index >= 15 is 0 Å². The Morgan fingerprint density at radius 2 is 1.14 bits per heavy atom. The summed E-state index contributed by atoms with van der Waals surface area (Å²) < 4.78 is 27.8. The van der Waals surface area contributed by atoms with Gasteiger partial charge in [-0.15, -0.1) is 0 Å². The second kappa shape index (κ2) is 8.37. The topological polar surface area (TPSA) is 46.2 Å². The fourth-order valence-electron chi connectivity index (χ4n) is 2.17. The summed E-state index contributed by atoms with van der Waals surface area (Å²) in [5, 5.41) is 0. The van der Waals surface area contributed by atoms with E-state index in [-0.39, 0.29) is 10.8 Å². The highest BCUT2D eigenvalue weighted by molar-refractivity contribution is 7.76. The van der Waals surface area contributed by atoms with E-state index in [0.717, 1.165) is 12.8 Å². The molecule has 124 valence electrons. The molecular weight excluding hydrogens is 357 g/mol. The molecule has 2 aliphatic rings. The minimum atomic E-state index is -1.24. The van der Waals surface area contributed by atoms with Gasteiger partial charge in [0.1, 0.15) is 0 Å². The largest absolute Gasteiger partial charge is 0.380 e. The Balaban J connectivity index is 1.81. The molecule has 2 aliphatic heterocycles. The third-order valence-corrected chi connectivity index (χ3v) is 6.70. The van der Waals surface area contributed by atoms with Crippen LogP contribution in [0, 0.1) is 10.8 Å². The maximum absolute atomic E-state index is 5.98. The van der Waals surface area contributed by atoms with Gasteiger partial charge in [0.2, 0.25) is 0 Å². The van der Waals surface area contributed by atoms with Crippen LogP contribution in [-0.2, 0) is 22.8 Å². The van der Waals surface area contributed by atoms with Gasteiger partial charge >= 0.3 is 0 Å². The van der Waals surface area contributed by atoms with Crippen molar-refractivity contribution in [3.8, 4) is 0 Å². The van der Waals surface area contributed by atoms with Crippen molar-refractivity contribution < 1.29 is 22.8 Å². The van der Waals surface area contributed by atoms with Crippen LogP contribution >= 0.6 is 37.9 Å². The molecule has 0 radical (unpaired) electrons. The summed E-state index contributed by atoms with van der Waals surface area (Å²) >= 11 is 11.7. The van der Waals surface area contributed by atoms with E-state index in [1.54, 1.807) is 0 Å². The molecule has 2 heterocycles. The standard InChI is InChI=1S/C12H22Cl2O5P2/c1-3-11(7-16-20(13)17-8-11)5-15-6-12(4-2)9-18-21(14)19-10-12/h3-10H2,1-2H3. The third-order valence-electron chi connectivity index (χ3n) is 4.21. The van der Waals surface area contributed by atoms with E-state index in [1.165, 1.54) is 0 Å². The third kappa shape index (κ3) is 5.11. The predicted molar refractivity (Wildman–Crippen MR) is 85.6 cm³/mol. The maximum atomic E-state index is 5.98. The molecule has 0 aliphatic carbocycles. The fourth-order valence-corrected chi connectivity index (χ4v) is 4.41. The first-order chi connectivity index (χ1) is 10.0. The summed E-state index contributed by atoms with van der Waals surface area (Å²) in [4.78, 5) is 0. The quantitative estimate of drug-likeness (QED) is 0.620. The molecule has 2 fully saturated rings. The van der Waals surface area contributed by atoms with Crippen LogP contribution in [0.15, 0.2) is 0 Å². The molecule has 0 bridgehead atoms. The zero-order valence-corrected chi connectivity index (χ0v) is 15.6. The highest BCUT2D eigenvalue weighted by atomic mass is 35.7. The number of hydrogen-bond donors (Lipinski definition) is 0. The van der Waals surface area contributed by atoms with Crippen LogP contribution in [0.2, 0.25) is 0 Å². The van der Waals surface area contributed by atoms with Crippen LogP contribution in [0.3, 0.4) is 0 Å². The molecule has 0 unspecified atom stereocenters. The fraction of sp³-hybridized carbons (Fsp3) is 1.00. The van der Waals surface area contributed by atoms with Crippen LogP contribution < -0.4 is 0 Å². The maximum Gasteiger partial charge on any atom is 0.276 e. The van der Waals surface area contributed by atoms with Gasteiger partial charge < -0.3 is 22.8 Å². The highest BCUT2D eigenvalue weighted by Crippen LogP contribution is 2.52. The summed E-state index contributed by atoms with van der Waals surface area (Å²) in [5.41, 5.74) is -0.226. The van der Waals surface area contributed by atoms with Crippen molar-refractivity contribution >= 4 is 37.9 Å². The van der Waals surface area contributed by atoms with E-state index in [4.69, 9.17) is 45.3 Å². The van der Waals surface area contributed by atoms with Gasteiger partial charge in [-0.1, -0.05) is 13.8 Å². The van der Waals surface area contributed by atoms with Crippen LogP contribution in [0.5, 0.6) is 0 Å². The molecule has 5 nitrogen and oxygen atoms in total. The van der Waals surface area contributed by atoms with Gasteiger partial charge in [0.05, 0.1) is 39.6 Å². The van der Waals surface area contributed by atoms with Crippen molar-refractivity contribution in [2.24, 2.45) is 10.8 Å². The van der Waals surface area contributed by atoms with E-state index in [1.807, 2.05) is 0 Å². The minimum Gasteiger partial charge on any atom is -0.380 e. The van der Waals surface area contributed by atoms with E-state index < -0.39 is 15.5 Å². The average Bonchev–Trinajstić information content (AvgIpc) is 2.52. The van der Waals surface area contributed by atoms with Crippen molar-refractivity contribution in [3.05, 3.63) is 0 Å². The van der Waals surface area contributed by atoms with Crippen LogP contribution in [0.25, 0.3) is 0 Å². The second-order valence-electron chi connectivity index (χ2n) is 5.72. The molecular formula is C12H22Cl2O5P2. The summed E-state index contributed by atoms with van der Waals surface area (Å²) in [6.07, 6.45) is 1.85. The first kappa shape index (κ1) is 18.6. The Hall–Kier alpha value is 1.24. The SMILES string of the molecule is CCC1(COCC2(CC)COP(Cl)OC2)COP(Cl)OC1. The lowest BCUT2D eigenvalue weighted by atomic mass is 9.86. The van der Waals surface area contributed by atoms with Gasteiger partial charge in [-0.2, -0.15) is 0 Å². The lowest BCUT2D eigenvalue weighted by Gasteiger charge is -2.40. The van der Waals surface area contributed by atoms with Crippen molar-refractivity contribution in [1.29, 1.82) is 0 Å². The molecule has 9 heteroatoms. The molecule has 2 rings (SSSR count). The number of hydrogen-bond acceptors (Lipinski definition) is 5. The predicted octanol–water partition coefficient (Wildman–Crippen LogP) is 4.82. The second-order valence-corrected chi connectivity index (χ2v) is 9.26.